The van der Waals surface area contributed by atoms with Crippen molar-refractivity contribution in [3.05, 3.63) is 191 Å². The number of aromatic nitrogens is 1. The Bertz CT molecular complexity index is 2450. The lowest BCUT2D eigenvalue weighted by molar-refractivity contribution is 0.851. The number of hydrogen-bond donors (Lipinski definition) is 0. The molecule has 2 heteroatoms. The third kappa shape index (κ3) is 4.82. The van der Waals surface area contributed by atoms with E-state index in [2.05, 4.69) is 162 Å². The van der Waals surface area contributed by atoms with E-state index in [4.69, 9.17) is 4.99 Å². The lowest BCUT2D eigenvalue weighted by Gasteiger charge is -2.26. The van der Waals surface area contributed by atoms with Gasteiger partial charge in [-0.1, -0.05) is 133 Å². The maximum absolute atomic E-state index is 5.51. The summed E-state index contributed by atoms with van der Waals surface area (Å²) in [5.41, 5.74) is 18.4. The van der Waals surface area contributed by atoms with Gasteiger partial charge in [0.1, 0.15) is 0 Å². The predicted octanol–water partition coefficient (Wildman–Crippen LogP) is 12.1. The molecule has 0 fully saturated rings. The molecule has 240 valence electrons. The Morgan fingerprint density at radius 3 is 2.30 bits per heavy atom. The van der Waals surface area contributed by atoms with Crippen molar-refractivity contribution in [2.45, 2.75) is 43.9 Å². The molecule has 2 unspecified atom stereocenters. The van der Waals surface area contributed by atoms with Gasteiger partial charge in [0.15, 0.2) is 0 Å². The highest BCUT2D eigenvalue weighted by atomic mass is 15.0. The lowest BCUT2D eigenvalue weighted by atomic mass is 9.81. The van der Waals surface area contributed by atoms with Gasteiger partial charge < -0.3 is 4.57 Å². The first kappa shape index (κ1) is 29.2. The fourth-order valence-corrected chi connectivity index (χ4v) is 8.85. The zero-order valence-electron chi connectivity index (χ0n) is 28.1. The van der Waals surface area contributed by atoms with E-state index in [1.807, 2.05) is 0 Å². The van der Waals surface area contributed by atoms with Crippen molar-refractivity contribution in [1.29, 1.82) is 0 Å². The fourth-order valence-electron chi connectivity index (χ4n) is 8.85. The molecule has 3 aliphatic carbocycles. The average molecular weight is 643 g/mol. The van der Waals surface area contributed by atoms with Gasteiger partial charge in [-0.3, -0.25) is 4.99 Å². The molecule has 0 radical (unpaired) electrons. The van der Waals surface area contributed by atoms with Crippen LogP contribution < -0.4 is 0 Å². The first-order valence-electron chi connectivity index (χ1n) is 18.1. The molecule has 0 N–H and O–H groups in total. The highest BCUT2D eigenvalue weighted by Gasteiger charge is 2.35. The predicted molar refractivity (Wildman–Crippen MR) is 210 cm³/mol. The second kappa shape index (κ2) is 12.0. The van der Waals surface area contributed by atoms with Crippen molar-refractivity contribution in [3.8, 4) is 11.1 Å². The van der Waals surface area contributed by atoms with E-state index < -0.39 is 0 Å². The Morgan fingerprint density at radius 1 is 0.660 bits per heavy atom. The molecule has 0 saturated heterocycles. The van der Waals surface area contributed by atoms with Gasteiger partial charge in [-0.25, -0.2) is 0 Å². The number of para-hydroxylation sites is 1. The fraction of sp³-hybridized carbons (Fsp3) is 0.146. The van der Waals surface area contributed by atoms with Crippen LogP contribution in [0.2, 0.25) is 0 Å². The van der Waals surface area contributed by atoms with E-state index >= 15 is 0 Å². The largest absolute Gasteiger partial charge is 0.310 e. The van der Waals surface area contributed by atoms with Crippen LogP contribution in [0.15, 0.2) is 157 Å². The Hall–Kier alpha value is -5.73. The normalized spacial score (nSPS) is 19.2. The number of rotatable bonds is 5. The summed E-state index contributed by atoms with van der Waals surface area (Å²) in [6.07, 6.45) is 17.1. The minimum atomic E-state index is 0.114. The van der Waals surface area contributed by atoms with Gasteiger partial charge in [-0.05, 0) is 106 Å². The molecular formula is C48H38N2. The van der Waals surface area contributed by atoms with E-state index in [0.29, 0.717) is 0 Å². The molecule has 2 atom stereocenters. The molecule has 1 aliphatic heterocycles. The first-order chi connectivity index (χ1) is 24.8. The molecule has 0 bridgehead atoms. The molecule has 10 rings (SSSR count). The number of fused-ring (bicyclic) bond motifs is 6. The summed E-state index contributed by atoms with van der Waals surface area (Å²) in [5.74, 6) is 0.381. The van der Waals surface area contributed by atoms with Crippen molar-refractivity contribution in [2.24, 2.45) is 4.99 Å². The number of allylic oxidation sites excluding steroid dienone is 6. The number of nitrogens with zero attached hydrogens (tertiary/aromatic N) is 2. The van der Waals surface area contributed by atoms with Gasteiger partial charge in [-0.15, -0.1) is 0 Å². The van der Waals surface area contributed by atoms with Crippen molar-refractivity contribution in [3.63, 3.8) is 0 Å². The van der Waals surface area contributed by atoms with Crippen LogP contribution in [-0.4, -0.2) is 10.3 Å². The molecule has 0 saturated carbocycles. The molecule has 50 heavy (non-hydrogen) atoms. The maximum Gasteiger partial charge on any atom is 0.0668 e. The van der Waals surface area contributed by atoms with Crippen LogP contribution in [0.1, 0.15) is 76.6 Å². The highest BCUT2D eigenvalue weighted by Crippen LogP contribution is 2.50. The zero-order valence-corrected chi connectivity index (χ0v) is 28.1. The minimum Gasteiger partial charge on any atom is -0.310 e. The monoisotopic (exact) mass is 642 g/mol. The SMILES string of the molecule is C1=CC(n2c3c(c4ccccc42)CCC(c2ccc4c(c2)C(C2=NC(c5ccccc5)=CC(c5ccccc5)C2)c2ccccc2-4)=C3)=CCC1. The molecule has 2 nitrogen and oxygen atoms in total. The first-order valence-corrected chi connectivity index (χ1v) is 18.1. The summed E-state index contributed by atoms with van der Waals surface area (Å²) >= 11 is 0. The third-order valence-corrected chi connectivity index (χ3v) is 11.2. The second-order valence-corrected chi connectivity index (χ2v) is 14.1. The van der Waals surface area contributed by atoms with Gasteiger partial charge in [-0.2, -0.15) is 0 Å². The lowest BCUT2D eigenvalue weighted by Crippen LogP contribution is -2.18. The van der Waals surface area contributed by atoms with Crippen molar-refractivity contribution in [2.75, 3.05) is 0 Å². The van der Waals surface area contributed by atoms with Gasteiger partial charge in [0.05, 0.1) is 16.9 Å². The van der Waals surface area contributed by atoms with E-state index in [0.717, 1.165) is 37.8 Å². The highest BCUT2D eigenvalue weighted by molar-refractivity contribution is 6.05. The maximum atomic E-state index is 5.51. The topological polar surface area (TPSA) is 17.3 Å². The van der Waals surface area contributed by atoms with Gasteiger partial charge >= 0.3 is 0 Å². The molecule has 4 aliphatic rings. The number of aryl methyl sites for hydroxylation is 1. The second-order valence-electron chi connectivity index (χ2n) is 14.1. The van der Waals surface area contributed by atoms with Gasteiger partial charge in [0.2, 0.25) is 0 Å². The number of hydrogen-bond acceptors (Lipinski definition) is 1. The minimum absolute atomic E-state index is 0.114. The molecule has 6 aromatic rings. The molecule has 5 aromatic carbocycles. The van der Waals surface area contributed by atoms with Crippen LogP contribution in [0.25, 0.3) is 45.1 Å². The Kier molecular flexibility index (Phi) is 7.01. The molecule has 0 amide bonds. The van der Waals surface area contributed by atoms with E-state index in [9.17, 15) is 0 Å². The summed E-state index contributed by atoms with van der Waals surface area (Å²) < 4.78 is 2.50. The summed E-state index contributed by atoms with van der Waals surface area (Å²) in [7, 11) is 0. The number of aliphatic imine (C=N–C) groups is 1. The molecular weight excluding hydrogens is 605 g/mol. The van der Waals surface area contributed by atoms with Crippen LogP contribution in [0.5, 0.6) is 0 Å². The van der Waals surface area contributed by atoms with E-state index in [1.54, 1.807) is 0 Å². The van der Waals surface area contributed by atoms with E-state index in [1.165, 1.54) is 78.1 Å². The van der Waals surface area contributed by atoms with Crippen molar-refractivity contribution < 1.29 is 0 Å². The zero-order chi connectivity index (χ0) is 33.0. The van der Waals surface area contributed by atoms with Crippen molar-refractivity contribution >= 4 is 39.7 Å². The third-order valence-electron chi connectivity index (χ3n) is 11.2. The summed E-state index contributed by atoms with van der Waals surface area (Å²) in [5, 5.41) is 1.38. The van der Waals surface area contributed by atoms with Gasteiger partial charge in [0.25, 0.3) is 0 Å². The van der Waals surface area contributed by atoms with Crippen LogP contribution in [0, 0.1) is 0 Å². The van der Waals surface area contributed by atoms with Crippen molar-refractivity contribution in [1.82, 2.24) is 4.57 Å². The standard InChI is InChI=1S/C48H38N2/c1-4-14-32(15-5-1)36-29-44(33-16-6-2-7-17-33)49-45(30-36)48-42-22-11-10-20-38(42)39-26-24-34(28-43(39)48)35-25-27-41-40-21-12-13-23-46(40)50(47(41)31-35)37-18-8-3-9-19-37/h1-2,4-8,10-24,26,28-29,31,36,48H,3,9,25,27,30H2. The molecule has 0 spiro atoms. The Balaban J connectivity index is 1.11. The molecule has 2 heterocycles. The molecule has 1 aromatic heterocycles. The average Bonchev–Trinajstić information content (AvgIpc) is 3.71. The summed E-state index contributed by atoms with van der Waals surface area (Å²) in [6, 6.07) is 46.9. The van der Waals surface area contributed by atoms with Crippen LogP contribution in [-0.2, 0) is 6.42 Å². The summed E-state index contributed by atoms with van der Waals surface area (Å²) in [4.78, 5) is 5.51. The Labute approximate surface area is 294 Å². The van der Waals surface area contributed by atoms with Crippen LogP contribution in [0.4, 0.5) is 0 Å². The quantitative estimate of drug-likeness (QED) is 0.178. The summed E-state index contributed by atoms with van der Waals surface area (Å²) in [6.45, 7) is 0. The van der Waals surface area contributed by atoms with Crippen LogP contribution >= 0.6 is 0 Å². The van der Waals surface area contributed by atoms with E-state index in [-0.39, 0.29) is 11.8 Å². The Morgan fingerprint density at radius 2 is 1.44 bits per heavy atom. The number of benzene rings is 5. The smallest absolute Gasteiger partial charge is 0.0668 e. The van der Waals surface area contributed by atoms with Gasteiger partial charge in [0, 0.05) is 28.6 Å². The van der Waals surface area contributed by atoms with Crippen LogP contribution in [0.3, 0.4) is 0 Å².